The van der Waals surface area contributed by atoms with Crippen LogP contribution in [0.15, 0.2) is 48.8 Å². The van der Waals surface area contributed by atoms with E-state index in [4.69, 9.17) is 0 Å². The molecule has 1 aromatic heterocycles. The van der Waals surface area contributed by atoms with Crippen LogP contribution in [0.25, 0.3) is 10.9 Å². The van der Waals surface area contributed by atoms with Crippen molar-refractivity contribution in [2.75, 3.05) is 12.4 Å². The first-order valence-electron chi connectivity index (χ1n) is 7.92. The molecule has 1 radical (unpaired) electrons. The fourth-order valence-corrected chi connectivity index (χ4v) is 2.07. The summed E-state index contributed by atoms with van der Waals surface area (Å²) in [6.07, 6.45) is 1.60. The largest absolute Gasteiger partial charge is 0.369 e. The van der Waals surface area contributed by atoms with Gasteiger partial charge in [-0.1, -0.05) is 32.0 Å². The Morgan fingerprint density at radius 2 is 1.52 bits per heavy atom. The number of fused-ring (bicyclic) bond motifs is 1. The van der Waals surface area contributed by atoms with Gasteiger partial charge in [0.2, 0.25) is 0 Å². The molecule has 0 spiro atoms. The van der Waals surface area contributed by atoms with Crippen LogP contribution in [-0.4, -0.2) is 17.1 Å². The van der Waals surface area contributed by atoms with E-state index in [2.05, 4.69) is 55.3 Å². The van der Waals surface area contributed by atoms with E-state index in [1.54, 1.807) is 13.4 Å². The Balaban J connectivity index is 0.000000872. The van der Waals surface area contributed by atoms with Gasteiger partial charge in [-0.3, -0.25) is 0 Å². The molecule has 0 fully saturated rings. The predicted molar refractivity (Wildman–Crippen MR) is 107 cm³/mol. The molecule has 1 N–H and O–H groups in total. The van der Waals surface area contributed by atoms with Gasteiger partial charge in [0.1, 0.15) is 12.1 Å². The van der Waals surface area contributed by atoms with Gasteiger partial charge in [-0.2, -0.15) is 0 Å². The number of rotatable bonds is 2. The minimum atomic E-state index is 0. The van der Waals surface area contributed by atoms with Gasteiger partial charge in [0.05, 0.1) is 5.52 Å². The van der Waals surface area contributed by atoms with Crippen LogP contribution >= 0.6 is 9.47 Å². The van der Waals surface area contributed by atoms with E-state index in [9.17, 15) is 0 Å². The summed E-state index contributed by atoms with van der Waals surface area (Å²) >= 11 is 0. The minimum absolute atomic E-state index is 0. The molecule has 0 aliphatic heterocycles. The van der Waals surface area contributed by atoms with Crippen molar-refractivity contribution in [2.24, 2.45) is 0 Å². The second-order valence-electron chi connectivity index (χ2n) is 4.90. The second kappa shape index (κ2) is 12.9. The van der Waals surface area contributed by atoms with E-state index < -0.39 is 0 Å². The number of nitrogens with zero attached hydrogens (tertiary/aromatic N) is 2. The fourth-order valence-electron chi connectivity index (χ4n) is 2.07. The van der Waals surface area contributed by atoms with E-state index >= 15 is 0 Å². The van der Waals surface area contributed by atoms with Gasteiger partial charge in [-0.15, -0.1) is 0 Å². The number of benzene rings is 2. The number of nitrogens with one attached hydrogen (secondary N) is 1. The molecule has 0 aliphatic rings. The van der Waals surface area contributed by atoms with Gasteiger partial charge in [0, 0.05) is 36.7 Å². The van der Waals surface area contributed by atoms with Crippen molar-refractivity contribution in [3.63, 3.8) is 0 Å². The Bertz CT molecular complexity index is 754. The molecule has 3 aromatic rings. The maximum absolute atomic E-state index is 4.35. The van der Waals surface area contributed by atoms with E-state index in [1.807, 2.05) is 44.2 Å². The number of aromatic nitrogens is 2. The molecule has 0 amide bonds. The molecular formula is C19H26N3OPV. The Morgan fingerprint density at radius 3 is 2.12 bits per heavy atom. The van der Waals surface area contributed by atoms with Gasteiger partial charge in [-0.05, 0) is 58.7 Å². The van der Waals surface area contributed by atoms with Gasteiger partial charge >= 0.3 is 0 Å². The molecule has 1 atom stereocenters. The van der Waals surface area contributed by atoms with Crippen molar-refractivity contribution in [1.29, 1.82) is 0 Å². The zero-order valence-corrected chi connectivity index (χ0v) is 18.0. The summed E-state index contributed by atoms with van der Waals surface area (Å²) < 4.78 is 4.17. The van der Waals surface area contributed by atoms with Crippen LogP contribution in [0.4, 0.5) is 11.5 Å². The average Bonchev–Trinajstić information content (AvgIpc) is 2.60. The van der Waals surface area contributed by atoms with E-state index in [0.717, 1.165) is 22.4 Å². The molecule has 6 heteroatoms. The van der Waals surface area contributed by atoms with Crippen LogP contribution in [0, 0.1) is 13.8 Å². The SMILES string of the molecule is CC.COP.Cc1cc2ncnc(Nc3ccccc3)c2cc1C.[V]. The van der Waals surface area contributed by atoms with Crippen LogP contribution in [0.3, 0.4) is 0 Å². The Kier molecular flexibility index (Phi) is 12.1. The van der Waals surface area contributed by atoms with E-state index in [1.165, 1.54) is 11.1 Å². The molecule has 3 rings (SSSR count). The quantitative estimate of drug-likeness (QED) is 0.588. The summed E-state index contributed by atoms with van der Waals surface area (Å²) in [5.41, 5.74) is 4.49. The molecule has 1 unspecified atom stereocenters. The van der Waals surface area contributed by atoms with Crippen molar-refractivity contribution < 1.29 is 23.1 Å². The van der Waals surface area contributed by atoms with Crippen LogP contribution in [0.1, 0.15) is 25.0 Å². The molecule has 1 heterocycles. The maximum atomic E-state index is 4.35. The van der Waals surface area contributed by atoms with Crippen molar-refractivity contribution in [1.82, 2.24) is 9.97 Å². The molecular weight excluding hydrogens is 368 g/mol. The molecule has 0 aliphatic carbocycles. The fraction of sp³-hybridized carbons (Fsp3) is 0.263. The summed E-state index contributed by atoms with van der Waals surface area (Å²) in [5, 5.41) is 4.39. The van der Waals surface area contributed by atoms with Gasteiger partial charge < -0.3 is 9.84 Å². The van der Waals surface area contributed by atoms with Crippen LogP contribution in [0.5, 0.6) is 0 Å². The smallest absolute Gasteiger partial charge is 0.141 e. The predicted octanol–water partition coefficient (Wildman–Crippen LogP) is 5.44. The zero-order valence-electron chi connectivity index (χ0n) is 15.4. The molecule has 25 heavy (non-hydrogen) atoms. The third kappa shape index (κ3) is 7.13. The molecule has 0 saturated carbocycles. The number of para-hydroxylation sites is 1. The molecule has 2 aromatic carbocycles. The summed E-state index contributed by atoms with van der Waals surface area (Å²) in [6.45, 7) is 8.20. The average molecular weight is 394 g/mol. The van der Waals surface area contributed by atoms with Crippen molar-refractivity contribution in [3.8, 4) is 0 Å². The Hall–Kier alpha value is -1.45. The standard InChI is InChI=1S/C16H15N3.C2H6.CH5OP.V/c1-11-8-14-15(9-12(11)2)17-10-18-16(14)19-13-6-4-3-5-7-13;1-2;1-2-3;/h3-10H,1-2H3,(H,17,18,19);1-2H3;3H2,1H3;. The van der Waals surface area contributed by atoms with Gasteiger partial charge in [0.15, 0.2) is 0 Å². The Morgan fingerprint density at radius 1 is 0.960 bits per heavy atom. The third-order valence-electron chi connectivity index (χ3n) is 3.29. The molecule has 133 valence electrons. The Labute approximate surface area is 165 Å². The van der Waals surface area contributed by atoms with E-state index in [0.29, 0.717) is 0 Å². The first-order valence-corrected chi connectivity index (χ1v) is 8.39. The van der Waals surface area contributed by atoms with Gasteiger partial charge in [0.25, 0.3) is 0 Å². The van der Waals surface area contributed by atoms with Crippen molar-refractivity contribution in [2.45, 2.75) is 27.7 Å². The van der Waals surface area contributed by atoms with Crippen molar-refractivity contribution in [3.05, 3.63) is 59.9 Å². The second-order valence-corrected chi connectivity index (χ2v) is 5.37. The normalized spacial score (nSPS) is 9.04. The van der Waals surface area contributed by atoms with Gasteiger partial charge in [-0.25, -0.2) is 9.97 Å². The summed E-state index contributed by atoms with van der Waals surface area (Å²) in [7, 11) is 3.67. The van der Waals surface area contributed by atoms with Crippen LogP contribution < -0.4 is 5.32 Å². The number of hydrogen-bond acceptors (Lipinski definition) is 4. The van der Waals surface area contributed by atoms with E-state index in [-0.39, 0.29) is 18.6 Å². The number of anilines is 2. The monoisotopic (exact) mass is 394 g/mol. The molecule has 0 saturated heterocycles. The number of hydrogen-bond donors (Lipinski definition) is 1. The minimum Gasteiger partial charge on any atom is -0.369 e. The van der Waals surface area contributed by atoms with Crippen molar-refractivity contribution >= 4 is 31.9 Å². The first-order chi connectivity index (χ1) is 11.7. The zero-order chi connectivity index (χ0) is 17.9. The summed E-state index contributed by atoms with van der Waals surface area (Å²) in [6, 6.07) is 14.3. The van der Waals surface area contributed by atoms with Crippen LogP contribution in [0.2, 0.25) is 0 Å². The summed E-state index contributed by atoms with van der Waals surface area (Å²) in [4.78, 5) is 8.69. The molecule has 0 bridgehead atoms. The number of aryl methyl sites for hydroxylation is 2. The molecule has 4 nitrogen and oxygen atoms in total. The topological polar surface area (TPSA) is 47.0 Å². The first kappa shape index (κ1) is 23.6. The third-order valence-corrected chi connectivity index (χ3v) is 3.29. The summed E-state index contributed by atoms with van der Waals surface area (Å²) in [5.74, 6) is 0.847. The van der Waals surface area contributed by atoms with Crippen LogP contribution in [-0.2, 0) is 23.1 Å². The maximum Gasteiger partial charge on any atom is 0.141 e.